The Kier molecular flexibility index (Phi) is 4.57. The maximum Gasteiger partial charge on any atom is 0.322 e. The zero-order chi connectivity index (χ0) is 22.7. The molecular weight excluding hydrogens is 439 g/mol. The number of imide groups is 1. The van der Waals surface area contributed by atoms with Gasteiger partial charge in [-0.2, -0.15) is 4.39 Å². The quantitative estimate of drug-likeness (QED) is 0.404. The Morgan fingerprint density at radius 1 is 1.25 bits per heavy atom. The second-order valence-corrected chi connectivity index (χ2v) is 9.78. The zero-order valence-corrected chi connectivity index (χ0v) is 17.5. The molecule has 3 amide bonds. The summed E-state index contributed by atoms with van der Waals surface area (Å²) >= 11 is 0. The van der Waals surface area contributed by atoms with Crippen LogP contribution < -0.4 is 15.8 Å². The van der Waals surface area contributed by atoms with Gasteiger partial charge in [0.1, 0.15) is 21.7 Å². The van der Waals surface area contributed by atoms with Gasteiger partial charge in [-0.1, -0.05) is 18.2 Å². The fourth-order valence-corrected chi connectivity index (χ4v) is 5.51. The van der Waals surface area contributed by atoms with Crippen LogP contribution in [0.25, 0.3) is 22.4 Å². The van der Waals surface area contributed by atoms with E-state index in [0.717, 1.165) is 5.39 Å². The second-order valence-electron chi connectivity index (χ2n) is 8.28. The molecule has 166 valence electrons. The number of urea groups is 1. The van der Waals surface area contributed by atoms with Gasteiger partial charge in [0.05, 0.1) is 0 Å². The topological polar surface area (TPSA) is 144 Å². The average Bonchev–Trinajstić information content (AvgIpc) is 3.38. The van der Waals surface area contributed by atoms with Crippen molar-refractivity contribution in [3.63, 3.8) is 0 Å². The molecule has 2 aliphatic rings. The molecule has 4 N–H and O–H groups in total. The largest absolute Gasteiger partial charge is 0.454 e. The van der Waals surface area contributed by atoms with E-state index in [9.17, 15) is 22.4 Å². The summed E-state index contributed by atoms with van der Waals surface area (Å²) in [6.07, 6.45) is 1.40. The maximum atomic E-state index is 14.9. The normalized spacial score (nSPS) is 23.1. The monoisotopic (exact) mass is 458 g/mol. The van der Waals surface area contributed by atoms with Crippen LogP contribution in [-0.2, 0) is 21.2 Å². The van der Waals surface area contributed by atoms with Crippen molar-refractivity contribution in [1.29, 1.82) is 0 Å². The summed E-state index contributed by atoms with van der Waals surface area (Å²) in [5.74, 6) is -1.50. The number of carbonyl (C=O) groups excluding carboxylic acids is 2. The molecule has 0 bridgehead atoms. The zero-order valence-electron chi connectivity index (χ0n) is 16.7. The Labute approximate surface area is 182 Å². The van der Waals surface area contributed by atoms with Gasteiger partial charge in [0.2, 0.25) is 16.0 Å². The van der Waals surface area contributed by atoms with Gasteiger partial charge in [-0.25, -0.2) is 23.3 Å². The van der Waals surface area contributed by atoms with Crippen LogP contribution in [0.4, 0.5) is 9.18 Å². The first kappa shape index (κ1) is 20.6. The number of para-hydroxylation sites is 1. The Bertz CT molecular complexity index is 1350. The molecule has 0 radical (unpaired) electrons. The van der Waals surface area contributed by atoms with E-state index in [1.54, 1.807) is 18.2 Å². The van der Waals surface area contributed by atoms with Crippen LogP contribution in [0.2, 0.25) is 0 Å². The van der Waals surface area contributed by atoms with E-state index < -0.39 is 38.3 Å². The highest BCUT2D eigenvalue weighted by Crippen LogP contribution is 2.40. The molecule has 2 atom stereocenters. The molecule has 1 saturated carbocycles. The molecule has 1 spiro atoms. The lowest BCUT2D eigenvalue weighted by molar-refractivity contribution is -0.123. The van der Waals surface area contributed by atoms with Gasteiger partial charge in [0.15, 0.2) is 5.76 Å². The third-order valence-electron chi connectivity index (χ3n) is 6.11. The Balaban J connectivity index is 1.53. The van der Waals surface area contributed by atoms with E-state index in [4.69, 9.17) is 9.56 Å². The number of amides is 3. The number of benzene rings is 1. The number of nitrogens with one attached hydrogen (secondary N) is 2. The standard InChI is InChI=1S/C21H19FN4O5S/c22-18-17(32(23,29)30)13(7-11-5-6-21(10-11)19(27)25-20(28)26-21)8-14(24-18)16-9-12-3-1-2-4-15(12)31-16/h1-4,8-9,11H,5-7,10H2,(H2,23,29,30)(H2,25,26,27,28). The molecule has 3 aromatic rings. The van der Waals surface area contributed by atoms with Gasteiger partial charge >= 0.3 is 6.03 Å². The van der Waals surface area contributed by atoms with Crippen LogP contribution in [0.5, 0.6) is 0 Å². The number of nitrogens with zero attached hydrogens (tertiary/aromatic N) is 1. The molecule has 1 aromatic carbocycles. The van der Waals surface area contributed by atoms with Gasteiger partial charge in [-0.15, -0.1) is 0 Å². The second kappa shape index (κ2) is 7.10. The van der Waals surface area contributed by atoms with Gasteiger partial charge < -0.3 is 9.73 Å². The molecule has 5 rings (SSSR count). The number of rotatable bonds is 4. The number of halogens is 1. The highest BCUT2D eigenvalue weighted by molar-refractivity contribution is 7.89. The summed E-state index contributed by atoms with van der Waals surface area (Å²) in [5.41, 5.74) is -0.137. The summed E-state index contributed by atoms with van der Waals surface area (Å²) in [5, 5.41) is 11.0. The molecule has 3 heterocycles. The van der Waals surface area contributed by atoms with Crippen LogP contribution in [0, 0.1) is 11.9 Å². The molecule has 2 fully saturated rings. The van der Waals surface area contributed by atoms with E-state index in [1.807, 2.05) is 12.1 Å². The van der Waals surface area contributed by atoms with Crippen molar-refractivity contribution in [2.45, 2.75) is 36.1 Å². The van der Waals surface area contributed by atoms with E-state index >= 15 is 0 Å². The number of pyridine rings is 1. The molecule has 1 saturated heterocycles. The van der Waals surface area contributed by atoms with E-state index in [0.29, 0.717) is 24.8 Å². The van der Waals surface area contributed by atoms with Gasteiger partial charge in [-0.05, 0) is 55.4 Å². The smallest absolute Gasteiger partial charge is 0.322 e. The van der Waals surface area contributed by atoms with Crippen molar-refractivity contribution >= 4 is 32.9 Å². The number of fused-ring (bicyclic) bond motifs is 1. The number of nitrogens with two attached hydrogens (primary N) is 1. The number of primary sulfonamides is 1. The van der Waals surface area contributed by atoms with Crippen LogP contribution in [0.3, 0.4) is 0 Å². The third-order valence-corrected chi connectivity index (χ3v) is 7.11. The highest BCUT2D eigenvalue weighted by atomic mass is 32.2. The minimum absolute atomic E-state index is 0.140. The van der Waals surface area contributed by atoms with Gasteiger partial charge in [0.25, 0.3) is 5.91 Å². The van der Waals surface area contributed by atoms with Crippen LogP contribution in [0.1, 0.15) is 24.8 Å². The van der Waals surface area contributed by atoms with Crippen molar-refractivity contribution in [3.05, 3.63) is 47.9 Å². The first-order chi connectivity index (χ1) is 15.1. The van der Waals surface area contributed by atoms with Crippen molar-refractivity contribution in [1.82, 2.24) is 15.6 Å². The lowest BCUT2D eigenvalue weighted by Gasteiger charge is -2.20. The van der Waals surface area contributed by atoms with Crippen molar-refractivity contribution in [2.24, 2.45) is 11.1 Å². The molecule has 9 nitrogen and oxygen atoms in total. The molecule has 1 aliphatic heterocycles. The fraction of sp³-hybridized carbons (Fsp3) is 0.286. The SMILES string of the molecule is NS(=O)(=O)c1c(CC2CCC3(C2)NC(=O)NC3=O)cc(-c2cc3ccccc3o2)nc1F. The number of sulfonamides is 1. The Morgan fingerprint density at radius 2 is 2.03 bits per heavy atom. The fourth-order valence-electron chi connectivity index (χ4n) is 4.72. The number of hydrogen-bond donors (Lipinski definition) is 3. The molecular formula is C21H19FN4O5S. The number of hydrogen-bond acceptors (Lipinski definition) is 6. The van der Waals surface area contributed by atoms with Crippen LogP contribution in [-0.4, -0.2) is 30.9 Å². The van der Waals surface area contributed by atoms with Gasteiger partial charge in [-0.3, -0.25) is 10.1 Å². The first-order valence-electron chi connectivity index (χ1n) is 9.99. The number of furan rings is 1. The molecule has 2 unspecified atom stereocenters. The lowest BCUT2D eigenvalue weighted by atomic mass is 9.93. The van der Waals surface area contributed by atoms with E-state index in [-0.39, 0.29) is 29.4 Å². The van der Waals surface area contributed by atoms with Crippen LogP contribution in [0.15, 0.2) is 45.7 Å². The average molecular weight is 458 g/mol. The van der Waals surface area contributed by atoms with Crippen LogP contribution >= 0.6 is 0 Å². The first-order valence-corrected chi connectivity index (χ1v) is 11.5. The van der Waals surface area contributed by atoms with Crippen molar-refractivity contribution in [3.8, 4) is 11.5 Å². The predicted octanol–water partition coefficient (Wildman–Crippen LogP) is 2.20. The van der Waals surface area contributed by atoms with E-state index in [2.05, 4.69) is 15.6 Å². The summed E-state index contributed by atoms with van der Waals surface area (Å²) in [6.45, 7) is 0. The third kappa shape index (κ3) is 3.43. The summed E-state index contributed by atoms with van der Waals surface area (Å²) in [7, 11) is -4.39. The minimum atomic E-state index is -4.39. The predicted molar refractivity (Wildman–Crippen MR) is 111 cm³/mol. The molecule has 1 aliphatic carbocycles. The Morgan fingerprint density at radius 3 is 2.72 bits per heavy atom. The maximum absolute atomic E-state index is 14.9. The van der Waals surface area contributed by atoms with Crippen molar-refractivity contribution < 1.29 is 26.8 Å². The van der Waals surface area contributed by atoms with Gasteiger partial charge in [0, 0.05) is 5.39 Å². The Hall–Kier alpha value is -3.31. The van der Waals surface area contributed by atoms with Crippen molar-refractivity contribution in [2.75, 3.05) is 0 Å². The minimum Gasteiger partial charge on any atom is -0.454 e. The lowest BCUT2D eigenvalue weighted by Crippen LogP contribution is -2.44. The summed E-state index contributed by atoms with van der Waals surface area (Å²) in [6, 6.07) is 9.82. The molecule has 11 heteroatoms. The number of aromatic nitrogens is 1. The molecule has 2 aromatic heterocycles. The molecule has 32 heavy (non-hydrogen) atoms. The number of carbonyl (C=O) groups is 2. The van der Waals surface area contributed by atoms with E-state index in [1.165, 1.54) is 6.07 Å². The highest BCUT2D eigenvalue weighted by Gasteiger charge is 2.51. The summed E-state index contributed by atoms with van der Waals surface area (Å²) in [4.78, 5) is 26.9. The summed E-state index contributed by atoms with van der Waals surface area (Å²) < 4.78 is 44.9.